The lowest BCUT2D eigenvalue weighted by molar-refractivity contribution is 0.175. The topological polar surface area (TPSA) is 47.3 Å². The highest BCUT2D eigenvalue weighted by Crippen LogP contribution is 2.19. The summed E-state index contributed by atoms with van der Waals surface area (Å²) in [5.41, 5.74) is 0.741. The van der Waals surface area contributed by atoms with Crippen LogP contribution >= 0.6 is 11.3 Å². The second-order valence-corrected chi connectivity index (χ2v) is 4.59. The highest BCUT2D eigenvalue weighted by Gasteiger charge is 2.20. The lowest BCUT2D eigenvalue weighted by Gasteiger charge is -2.12. The zero-order valence-electron chi connectivity index (χ0n) is 7.81. The Balaban J connectivity index is 1.95. The van der Waals surface area contributed by atoms with Crippen LogP contribution in [0.2, 0.25) is 0 Å². The Morgan fingerprint density at radius 3 is 3.14 bits per heavy atom. The summed E-state index contributed by atoms with van der Waals surface area (Å²) in [4.78, 5) is 3.42. The molecule has 0 aromatic carbocycles. The van der Waals surface area contributed by atoms with Crippen LogP contribution in [-0.4, -0.2) is 29.2 Å². The van der Waals surface area contributed by atoms with Crippen molar-refractivity contribution in [1.82, 2.24) is 4.90 Å². The third-order valence-electron chi connectivity index (χ3n) is 2.41. The van der Waals surface area contributed by atoms with Crippen LogP contribution in [0, 0.1) is 11.3 Å². The van der Waals surface area contributed by atoms with Gasteiger partial charge < -0.3 is 5.11 Å². The van der Waals surface area contributed by atoms with Gasteiger partial charge in [0.05, 0.1) is 11.7 Å². The van der Waals surface area contributed by atoms with E-state index < -0.39 is 0 Å². The second-order valence-electron chi connectivity index (χ2n) is 3.59. The molecule has 2 rings (SSSR count). The van der Waals surface area contributed by atoms with Gasteiger partial charge in [-0.25, -0.2) is 0 Å². The first kappa shape index (κ1) is 9.66. The van der Waals surface area contributed by atoms with Gasteiger partial charge in [-0.1, -0.05) is 0 Å². The van der Waals surface area contributed by atoms with E-state index in [1.807, 2.05) is 11.4 Å². The van der Waals surface area contributed by atoms with E-state index in [1.165, 1.54) is 4.88 Å². The molecular weight excluding hydrogens is 196 g/mol. The smallest absolute Gasteiger partial charge is 0.100 e. The van der Waals surface area contributed by atoms with Crippen LogP contribution in [0.4, 0.5) is 0 Å². The van der Waals surface area contributed by atoms with Crippen molar-refractivity contribution < 1.29 is 5.11 Å². The van der Waals surface area contributed by atoms with Crippen molar-refractivity contribution >= 4 is 11.3 Å². The fourth-order valence-corrected chi connectivity index (χ4v) is 2.55. The predicted molar refractivity (Wildman–Crippen MR) is 54.9 cm³/mol. The first-order valence-corrected chi connectivity index (χ1v) is 5.54. The van der Waals surface area contributed by atoms with E-state index in [2.05, 4.69) is 11.0 Å². The van der Waals surface area contributed by atoms with E-state index in [0.717, 1.165) is 31.6 Å². The van der Waals surface area contributed by atoms with Crippen LogP contribution in [0.25, 0.3) is 0 Å². The van der Waals surface area contributed by atoms with Gasteiger partial charge in [-0.3, -0.25) is 4.90 Å². The number of hydrogen-bond donors (Lipinski definition) is 1. The Morgan fingerprint density at radius 1 is 1.71 bits per heavy atom. The van der Waals surface area contributed by atoms with Crippen LogP contribution in [0.15, 0.2) is 11.4 Å². The van der Waals surface area contributed by atoms with E-state index in [1.54, 1.807) is 11.3 Å². The zero-order chi connectivity index (χ0) is 9.97. The summed E-state index contributed by atoms with van der Waals surface area (Å²) in [6.45, 7) is 2.59. The molecule has 0 radical (unpaired) electrons. The summed E-state index contributed by atoms with van der Waals surface area (Å²) >= 11 is 1.62. The maximum absolute atomic E-state index is 9.34. The molecule has 0 amide bonds. The average Bonchev–Trinajstić information content (AvgIpc) is 2.76. The van der Waals surface area contributed by atoms with Crippen LogP contribution in [-0.2, 0) is 6.54 Å². The Labute approximate surface area is 87.2 Å². The fraction of sp³-hybridized carbons (Fsp3) is 0.500. The van der Waals surface area contributed by atoms with Crippen molar-refractivity contribution in [3.8, 4) is 6.07 Å². The minimum atomic E-state index is -0.162. The normalized spacial score (nSPS) is 22.4. The van der Waals surface area contributed by atoms with Crippen molar-refractivity contribution in [1.29, 1.82) is 5.26 Å². The SMILES string of the molecule is N#Cc1csc(CN2CC[C@H](O)C2)c1. The van der Waals surface area contributed by atoms with Gasteiger partial charge in [-0.2, -0.15) is 5.26 Å². The van der Waals surface area contributed by atoms with Crippen molar-refractivity contribution in [2.45, 2.75) is 19.1 Å². The van der Waals surface area contributed by atoms with Gasteiger partial charge in [0.15, 0.2) is 0 Å². The number of aliphatic hydroxyl groups excluding tert-OH is 1. The monoisotopic (exact) mass is 208 g/mol. The van der Waals surface area contributed by atoms with E-state index >= 15 is 0 Å². The van der Waals surface area contributed by atoms with Crippen molar-refractivity contribution in [3.63, 3.8) is 0 Å². The molecule has 1 aromatic heterocycles. The maximum atomic E-state index is 9.34. The summed E-state index contributed by atoms with van der Waals surface area (Å²) < 4.78 is 0. The maximum Gasteiger partial charge on any atom is 0.100 e. The Bertz CT molecular complexity index is 355. The van der Waals surface area contributed by atoms with E-state index in [0.29, 0.717) is 0 Å². The molecule has 2 heterocycles. The van der Waals surface area contributed by atoms with Crippen molar-refractivity contribution in [2.75, 3.05) is 13.1 Å². The summed E-state index contributed by atoms with van der Waals surface area (Å²) in [7, 11) is 0. The number of hydrogen-bond acceptors (Lipinski definition) is 4. The van der Waals surface area contributed by atoms with Gasteiger partial charge in [0.25, 0.3) is 0 Å². The van der Waals surface area contributed by atoms with Crippen LogP contribution in [0.5, 0.6) is 0 Å². The Morgan fingerprint density at radius 2 is 2.57 bits per heavy atom. The Hall–Kier alpha value is -0.890. The number of likely N-dealkylation sites (tertiary alicyclic amines) is 1. The van der Waals surface area contributed by atoms with Crippen LogP contribution < -0.4 is 0 Å². The number of thiophene rings is 1. The molecule has 14 heavy (non-hydrogen) atoms. The van der Waals surface area contributed by atoms with Gasteiger partial charge in [0.2, 0.25) is 0 Å². The molecule has 0 bridgehead atoms. The molecule has 1 fully saturated rings. The van der Waals surface area contributed by atoms with Gasteiger partial charge >= 0.3 is 0 Å². The lowest BCUT2D eigenvalue weighted by Crippen LogP contribution is -2.20. The average molecular weight is 208 g/mol. The molecule has 1 N–H and O–H groups in total. The zero-order valence-corrected chi connectivity index (χ0v) is 8.63. The molecule has 0 spiro atoms. The first-order chi connectivity index (χ1) is 6.78. The molecule has 1 aromatic rings. The number of rotatable bonds is 2. The summed E-state index contributed by atoms with van der Waals surface area (Å²) in [5.74, 6) is 0. The third kappa shape index (κ3) is 2.13. The molecule has 0 unspecified atom stereocenters. The molecule has 0 saturated carbocycles. The highest BCUT2D eigenvalue weighted by molar-refractivity contribution is 7.10. The quantitative estimate of drug-likeness (QED) is 0.794. The number of aliphatic hydroxyl groups is 1. The molecule has 1 aliphatic rings. The Kier molecular flexibility index (Phi) is 2.82. The van der Waals surface area contributed by atoms with Gasteiger partial charge in [0, 0.05) is 29.9 Å². The minimum Gasteiger partial charge on any atom is -0.392 e. The van der Waals surface area contributed by atoms with Crippen LogP contribution in [0.1, 0.15) is 16.9 Å². The molecule has 1 atom stereocenters. The van der Waals surface area contributed by atoms with E-state index in [9.17, 15) is 5.11 Å². The van der Waals surface area contributed by atoms with E-state index in [4.69, 9.17) is 5.26 Å². The summed E-state index contributed by atoms with van der Waals surface area (Å²) in [6.07, 6.45) is 0.710. The molecule has 4 heteroatoms. The minimum absolute atomic E-state index is 0.162. The van der Waals surface area contributed by atoms with Crippen molar-refractivity contribution in [2.24, 2.45) is 0 Å². The lowest BCUT2D eigenvalue weighted by atomic mass is 10.3. The highest BCUT2D eigenvalue weighted by atomic mass is 32.1. The summed E-state index contributed by atoms with van der Waals surface area (Å²) in [5, 5.41) is 19.9. The molecule has 1 saturated heterocycles. The largest absolute Gasteiger partial charge is 0.392 e. The molecule has 3 nitrogen and oxygen atoms in total. The van der Waals surface area contributed by atoms with E-state index in [-0.39, 0.29) is 6.10 Å². The van der Waals surface area contributed by atoms with Gasteiger partial charge in [-0.05, 0) is 12.5 Å². The third-order valence-corrected chi connectivity index (χ3v) is 3.33. The molecule has 0 aliphatic carbocycles. The molecule has 1 aliphatic heterocycles. The standard InChI is InChI=1S/C10H12N2OS/c11-4-8-3-10(14-7-8)6-12-2-1-9(13)5-12/h3,7,9,13H,1-2,5-6H2/t9-/m0/s1. The molecular formula is C10H12N2OS. The van der Waals surface area contributed by atoms with Gasteiger partial charge in [-0.15, -0.1) is 11.3 Å². The molecule has 74 valence electrons. The van der Waals surface area contributed by atoms with Crippen LogP contribution in [0.3, 0.4) is 0 Å². The fourth-order valence-electron chi connectivity index (χ4n) is 1.70. The number of nitrogens with zero attached hydrogens (tertiary/aromatic N) is 2. The number of nitriles is 1. The predicted octanol–water partition coefficient (Wildman–Crippen LogP) is 1.19. The summed E-state index contributed by atoms with van der Waals surface area (Å²) in [6, 6.07) is 4.05. The van der Waals surface area contributed by atoms with Crippen molar-refractivity contribution in [3.05, 3.63) is 21.9 Å². The van der Waals surface area contributed by atoms with Gasteiger partial charge in [0.1, 0.15) is 6.07 Å². The number of β-amino-alcohol motifs (C(OH)–C–C–N with tert-alkyl or cyclic N) is 1. The first-order valence-electron chi connectivity index (χ1n) is 4.66. The second kappa shape index (κ2) is 4.09.